The summed E-state index contributed by atoms with van der Waals surface area (Å²) in [4.78, 5) is 24.5. The van der Waals surface area contributed by atoms with Crippen LogP contribution in [-0.2, 0) is 10.5 Å². The predicted molar refractivity (Wildman–Crippen MR) is 54.0 cm³/mol. The first-order valence-corrected chi connectivity index (χ1v) is 4.98. The molecule has 0 radical (unpaired) electrons. The Bertz CT molecular complexity index is 636. The number of rotatable bonds is 1. The molecule has 90 valence electrons. The molecule has 0 amide bonds. The van der Waals surface area contributed by atoms with Crippen LogP contribution in [0.4, 0.5) is 4.39 Å². The van der Waals surface area contributed by atoms with Crippen molar-refractivity contribution in [2.75, 3.05) is 0 Å². The van der Waals surface area contributed by atoms with Crippen LogP contribution in [0.15, 0.2) is 34.2 Å². The summed E-state index contributed by atoms with van der Waals surface area (Å²) in [6, 6.07) is 1.09. The Labute approximate surface area is 94.0 Å². The standard InChI is InChI=1S/C10H9FN2O4/c1-5-7(15)9(11)4-10(9,17-5)13-3-2-6(14)12-8(13)16/h2-3,7,15H,1,4H2,(H,12,14,16)/t7-,9-,10-/m1/s1. The van der Waals surface area contributed by atoms with E-state index in [1.165, 1.54) is 0 Å². The smallest absolute Gasteiger partial charge is 0.331 e. The van der Waals surface area contributed by atoms with Crippen molar-refractivity contribution < 1.29 is 14.2 Å². The quantitative estimate of drug-likeness (QED) is 0.673. The van der Waals surface area contributed by atoms with Crippen LogP contribution in [-0.4, -0.2) is 26.4 Å². The van der Waals surface area contributed by atoms with Gasteiger partial charge in [-0.3, -0.25) is 14.3 Å². The van der Waals surface area contributed by atoms with E-state index >= 15 is 0 Å². The molecule has 17 heavy (non-hydrogen) atoms. The highest BCUT2D eigenvalue weighted by atomic mass is 19.1. The minimum Gasteiger partial charge on any atom is -0.466 e. The minimum absolute atomic E-state index is 0.114. The molecule has 1 saturated heterocycles. The van der Waals surface area contributed by atoms with Gasteiger partial charge in [-0.15, -0.1) is 0 Å². The van der Waals surface area contributed by atoms with Gasteiger partial charge in [0, 0.05) is 12.3 Å². The summed E-state index contributed by atoms with van der Waals surface area (Å²) in [5.41, 5.74) is -4.97. The molecule has 3 atom stereocenters. The zero-order chi connectivity index (χ0) is 12.4. The molecule has 0 unspecified atom stereocenters. The third-order valence-electron chi connectivity index (χ3n) is 3.27. The van der Waals surface area contributed by atoms with Crippen LogP contribution in [0.3, 0.4) is 0 Å². The van der Waals surface area contributed by atoms with Crippen LogP contribution in [0.1, 0.15) is 6.42 Å². The molecule has 3 rings (SSSR count). The van der Waals surface area contributed by atoms with E-state index in [0.717, 1.165) is 16.8 Å². The molecular formula is C10H9FN2O4. The van der Waals surface area contributed by atoms with E-state index in [-0.39, 0.29) is 12.2 Å². The number of H-pyrrole nitrogens is 1. The minimum atomic E-state index is -2.05. The Balaban J connectivity index is 2.16. The summed E-state index contributed by atoms with van der Waals surface area (Å²) >= 11 is 0. The number of hydrogen-bond acceptors (Lipinski definition) is 4. The number of nitrogens with one attached hydrogen (secondary N) is 1. The lowest BCUT2D eigenvalue weighted by molar-refractivity contribution is 0.0214. The molecule has 1 saturated carbocycles. The van der Waals surface area contributed by atoms with Crippen LogP contribution in [0.5, 0.6) is 0 Å². The van der Waals surface area contributed by atoms with E-state index in [4.69, 9.17) is 4.74 Å². The predicted octanol–water partition coefficient (Wildman–Crippen LogP) is -0.794. The van der Waals surface area contributed by atoms with Crippen LogP contribution < -0.4 is 11.2 Å². The van der Waals surface area contributed by atoms with Crippen molar-refractivity contribution >= 4 is 0 Å². The lowest BCUT2D eigenvalue weighted by Crippen LogP contribution is -2.39. The second kappa shape index (κ2) is 2.67. The SMILES string of the molecule is C=C1O[C@]2(n3ccc(=O)[nH]c3=O)C[C@@]2(F)[C@@H]1O. The number of alkyl halides is 1. The van der Waals surface area contributed by atoms with E-state index < -0.39 is 28.7 Å². The lowest BCUT2D eigenvalue weighted by Gasteiger charge is -2.16. The number of fused-ring (bicyclic) bond motifs is 1. The Morgan fingerprint density at radius 3 is 2.88 bits per heavy atom. The van der Waals surface area contributed by atoms with Crippen LogP contribution in [0.25, 0.3) is 0 Å². The van der Waals surface area contributed by atoms with Crippen molar-refractivity contribution in [3.8, 4) is 0 Å². The first-order chi connectivity index (χ1) is 7.91. The van der Waals surface area contributed by atoms with Gasteiger partial charge in [-0.2, -0.15) is 0 Å². The van der Waals surface area contributed by atoms with E-state index in [9.17, 15) is 19.1 Å². The fraction of sp³-hybridized carbons (Fsp3) is 0.400. The van der Waals surface area contributed by atoms with Crippen LogP contribution in [0.2, 0.25) is 0 Å². The Morgan fingerprint density at radius 2 is 2.35 bits per heavy atom. The van der Waals surface area contributed by atoms with Crippen molar-refractivity contribution in [1.29, 1.82) is 0 Å². The molecule has 7 heteroatoms. The van der Waals surface area contributed by atoms with Gasteiger partial charge in [0.2, 0.25) is 11.4 Å². The van der Waals surface area contributed by atoms with Crippen LogP contribution in [0, 0.1) is 0 Å². The summed E-state index contributed by atoms with van der Waals surface area (Å²) < 4.78 is 20.4. The van der Waals surface area contributed by atoms with E-state index in [2.05, 4.69) is 6.58 Å². The highest BCUT2D eigenvalue weighted by molar-refractivity contribution is 5.31. The van der Waals surface area contributed by atoms with E-state index in [0.29, 0.717) is 0 Å². The van der Waals surface area contributed by atoms with Gasteiger partial charge in [-0.1, -0.05) is 6.58 Å². The molecule has 0 bridgehead atoms. The van der Waals surface area contributed by atoms with Gasteiger partial charge < -0.3 is 9.84 Å². The molecule has 0 spiro atoms. The molecule has 2 heterocycles. The fourth-order valence-corrected chi connectivity index (χ4v) is 2.30. The molecule has 2 aliphatic rings. The van der Waals surface area contributed by atoms with Crippen molar-refractivity contribution in [2.45, 2.75) is 23.9 Å². The molecule has 1 aliphatic heterocycles. The largest absolute Gasteiger partial charge is 0.466 e. The van der Waals surface area contributed by atoms with Crippen molar-refractivity contribution in [2.24, 2.45) is 0 Å². The molecule has 0 aromatic carbocycles. The molecule has 1 aliphatic carbocycles. The summed E-state index contributed by atoms with van der Waals surface area (Å²) in [7, 11) is 0. The summed E-state index contributed by atoms with van der Waals surface area (Å²) in [6.07, 6.45) is -0.457. The summed E-state index contributed by atoms with van der Waals surface area (Å²) in [6.45, 7) is 3.38. The maximum atomic E-state index is 14.3. The third kappa shape index (κ3) is 1.02. The second-order valence-electron chi connectivity index (χ2n) is 4.27. The van der Waals surface area contributed by atoms with Gasteiger partial charge in [0.05, 0.1) is 6.42 Å². The number of aromatic amines is 1. The number of hydrogen-bond donors (Lipinski definition) is 2. The lowest BCUT2D eigenvalue weighted by atomic mass is 10.2. The maximum absolute atomic E-state index is 14.3. The van der Waals surface area contributed by atoms with Crippen molar-refractivity contribution in [1.82, 2.24) is 9.55 Å². The first kappa shape index (κ1) is 10.3. The monoisotopic (exact) mass is 240 g/mol. The Hall–Kier alpha value is -1.89. The molecule has 1 aromatic rings. The number of aliphatic hydroxyl groups is 1. The molecule has 2 N–H and O–H groups in total. The van der Waals surface area contributed by atoms with Crippen molar-refractivity contribution in [3.63, 3.8) is 0 Å². The average Bonchev–Trinajstić information content (AvgIpc) is 2.78. The summed E-state index contributed by atoms with van der Waals surface area (Å²) in [5.74, 6) is -0.114. The highest BCUT2D eigenvalue weighted by Gasteiger charge is 2.82. The molecular weight excluding hydrogens is 231 g/mol. The maximum Gasteiger partial charge on any atom is 0.331 e. The highest BCUT2D eigenvalue weighted by Crippen LogP contribution is 2.66. The number of ether oxygens (including phenoxy) is 1. The topological polar surface area (TPSA) is 84.3 Å². The number of nitrogens with zero attached hydrogens (tertiary/aromatic N) is 1. The van der Waals surface area contributed by atoms with E-state index in [1.54, 1.807) is 0 Å². The van der Waals surface area contributed by atoms with Gasteiger partial charge in [-0.05, 0) is 0 Å². The molecule has 6 nitrogen and oxygen atoms in total. The number of aromatic nitrogens is 2. The normalized spacial score (nSPS) is 38.7. The molecule has 2 fully saturated rings. The zero-order valence-corrected chi connectivity index (χ0v) is 8.64. The van der Waals surface area contributed by atoms with Gasteiger partial charge in [0.15, 0.2) is 6.10 Å². The Morgan fingerprint density at radius 1 is 1.65 bits per heavy atom. The first-order valence-electron chi connectivity index (χ1n) is 4.98. The zero-order valence-electron chi connectivity index (χ0n) is 8.64. The number of halogens is 1. The van der Waals surface area contributed by atoms with E-state index in [1.807, 2.05) is 4.98 Å². The molecule has 1 aromatic heterocycles. The third-order valence-corrected chi connectivity index (χ3v) is 3.27. The average molecular weight is 240 g/mol. The van der Waals surface area contributed by atoms with Gasteiger partial charge in [-0.25, -0.2) is 9.18 Å². The fourth-order valence-electron chi connectivity index (χ4n) is 2.30. The van der Waals surface area contributed by atoms with Crippen molar-refractivity contribution in [3.05, 3.63) is 45.4 Å². The second-order valence-corrected chi connectivity index (χ2v) is 4.27. The van der Waals surface area contributed by atoms with Gasteiger partial charge in [0.25, 0.3) is 5.56 Å². The van der Waals surface area contributed by atoms with Gasteiger partial charge >= 0.3 is 5.69 Å². The number of aliphatic hydroxyl groups excluding tert-OH is 1. The van der Waals surface area contributed by atoms with Gasteiger partial charge in [0.1, 0.15) is 5.76 Å². The summed E-state index contributed by atoms with van der Waals surface area (Å²) in [5, 5.41) is 9.55. The van der Waals surface area contributed by atoms with Crippen LogP contribution >= 0.6 is 0 Å². The Kier molecular flexibility index (Phi) is 1.62.